The van der Waals surface area contributed by atoms with Gasteiger partial charge >= 0.3 is 0 Å². The second-order valence-electron chi connectivity index (χ2n) is 4.78. The Morgan fingerprint density at radius 2 is 2.18 bits per heavy atom. The van der Waals surface area contributed by atoms with Crippen molar-refractivity contribution in [1.29, 1.82) is 0 Å². The molecule has 0 aliphatic carbocycles. The second-order valence-corrected chi connectivity index (χ2v) is 4.78. The molecule has 0 saturated heterocycles. The lowest BCUT2D eigenvalue weighted by atomic mass is 10.1. The maximum Gasteiger partial charge on any atom is 0.269 e. The van der Waals surface area contributed by atoms with Crippen LogP contribution in [0.3, 0.4) is 0 Å². The van der Waals surface area contributed by atoms with Crippen LogP contribution < -0.4 is 5.32 Å². The van der Waals surface area contributed by atoms with Gasteiger partial charge in [-0.3, -0.25) is 0 Å². The van der Waals surface area contributed by atoms with Gasteiger partial charge in [0.1, 0.15) is 0 Å². The molecule has 7 heteroatoms. The molecule has 17 heavy (non-hydrogen) atoms. The molecule has 0 saturated carbocycles. The van der Waals surface area contributed by atoms with Crippen LogP contribution in [0.15, 0.2) is 10.6 Å². The normalized spacial score (nSPS) is 11.9. The van der Waals surface area contributed by atoms with Gasteiger partial charge < -0.3 is 9.73 Å². The molecular formula is C10H16N6O. The summed E-state index contributed by atoms with van der Waals surface area (Å²) in [5, 5.41) is 21.3. The molecule has 0 aromatic carbocycles. The molecule has 2 aromatic rings. The first-order chi connectivity index (χ1) is 8.04. The Labute approximate surface area is 99.0 Å². The molecule has 0 aliphatic heterocycles. The van der Waals surface area contributed by atoms with Gasteiger partial charge in [0, 0.05) is 18.5 Å². The Kier molecular flexibility index (Phi) is 3.19. The number of aromatic amines is 1. The molecule has 2 heterocycles. The van der Waals surface area contributed by atoms with Crippen LogP contribution in [0.25, 0.3) is 11.6 Å². The van der Waals surface area contributed by atoms with E-state index >= 15 is 0 Å². The zero-order valence-electron chi connectivity index (χ0n) is 10.2. The number of hydrogen-bond acceptors (Lipinski definition) is 6. The second kappa shape index (κ2) is 4.62. The van der Waals surface area contributed by atoms with Gasteiger partial charge in [-0.25, -0.2) is 0 Å². The average molecular weight is 236 g/mol. The van der Waals surface area contributed by atoms with E-state index in [-0.39, 0.29) is 5.54 Å². The van der Waals surface area contributed by atoms with Crippen LogP contribution >= 0.6 is 0 Å². The lowest BCUT2D eigenvalue weighted by Gasteiger charge is -2.19. The van der Waals surface area contributed by atoms with Gasteiger partial charge in [0.2, 0.25) is 5.89 Å². The quantitative estimate of drug-likeness (QED) is 0.815. The number of rotatable bonds is 4. The van der Waals surface area contributed by atoms with Gasteiger partial charge in [0.05, 0.1) is 6.20 Å². The monoisotopic (exact) mass is 236 g/mol. The van der Waals surface area contributed by atoms with Crippen LogP contribution in [-0.4, -0.2) is 37.7 Å². The van der Waals surface area contributed by atoms with Crippen molar-refractivity contribution in [3.8, 4) is 11.6 Å². The molecule has 0 unspecified atom stereocenters. The highest BCUT2D eigenvalue weighted by Crippen LogP contribution is 2.13. The highest BCUT2D eigenvalue weighted by Gasteiger charge is 2.12. The third-order valence-electron chi connectivity index (χ3n) is 2.10. The summed E-state index contributed by atoms with van der Waals surface area (Å²) in [4.78, 5) is 0. The van der Waals surface area contributed by atoms with Crippen molar-refractivity contribution in [2.24, 2.45) is 0 Å². The van der Waals surface area contributed by atoms with Crippen molar-refractivity contribution in [1.82, 2.24) is 30.9 Å². The summed E-state index contributed by atoms with van der Waals surface area (Å²) in [6, 6.07) is 0. The molecular weight excluding hydrogens is 220 g/mol. The Morgan fingerprint density at radius 3 is 2.82 bits per heavy atom. The number of hydrogen-bond donors (Lipinski definition) is 2. The minimum atomic E-state index is 0.0922. The standard InChI is InChI=1S/C10H16N6O/c1-10(2,3)11-5-4-8-14-15-9(17-8)7-6-12-16-13-7/h6,11H,4-5H2,1-3H3,(H,12,13,16). The largest absolute Gasteiger partial charge is 0.419 e. The highest BCUT2D eigenvalue weighted by molar-refractivity contribution is 5.42. The Morgan fingerprint density at radius 1 is 1.35 bits per heavy atom. The Balaban J connectivity index is 1.91. The van der Waals surface area contributed by atoms with Gasteiger partial charge in [0.25, 0.3) is 5.89 Å². The molecule has 0 radical (unpaired) electrons. The van der Waals surface area contributed by atoms with Crippen LogP contribution in [0, 0.1) is 0 Å². The molecule has 2 aromatic heterocycles. The predicted molar refractivity (Wildman–Crippen MR) is 61.1 cm³/mol. The fraction of sp³-hybridized carbons (Fsp3) is 0.600. The SMILES string of the molecule is CC(C)(C)NCCc1nnc(-c2cn[nH]n2)o1. The van der Waals surface area contributed by atoms with Crippen LogP contribution in [0.2, 0.25) is 0 Å². The highest BCUT2D eigenvalue weighted by atomic mass is 16.4. The van der Waals surface area contributed by atoms with E-state index in [4.69, 9.17) is 4.42 Å². The zero-order valence-corrected chi connectivity index (χ0v) is 10.2. The summed E-state index contributed by atoms with van der Waals surface area (Å²) in [6.07, 6.45) is 2.24. The molecule has 0 amide bonds. The van der Waals surface area contributed by atoms with Gasteiger partial charge in [-0.05, 0) is 20.8 Å². The molecule has 2 rings (SSSR count). The smallest absolute Gasteiger partial charge is 0.269 e. The maximum atomic E-state index is 5.46. The fourth-order valence-corrected chi connectivity index (χ4v) is 1.31. The van der Waals surface area contributed by atoms with Crippen molar-refractivity contribution in [3.63, 3.8) is 0 Å². The molecule has 0 atom stereocenters. The van der Waals surface area contributed by atoms with Crippen LogP contribution in [0.4, 0.5) is 0 Å². The molecule has 0 bridgehead atoms. The van der Waals surface area contributed by atoms with E-state index in [1.165, 1.54) is 0 Å². The first-order valence-electron chi connectivity index (χ1n) is 5.48. The summed E-state index contributed by atoms with van der Waals surface area (Å²) < 4.78 is 5.46. The number of H-pyrrole nitrogens is 1. The molecule has 7 nitrogen and oxygen atoms in total. The third-order valence-corrected chi connectivity index (χ3v) is 2.10. The van der Waals surface area contributed by atoms with E-state index in [9.17, 15) is 0 Å². The summed E-state index contributed by atoms with van der Waals surface area (Å²) in [7, 11) is 0. The van der Waals surface area contributed by atoms with Gasteiger partial charge in [-0.2, -0.15) is 15.4 Å². The van der Waals surface area contributed by atoms with Crippen molar-refractivity contribution < 1.29 is 4.42 Å². The summed E-state index contributed by atoms with van der Waals surface area (Å²) in [6.45, 7) is 7.13. The molecule has 0 fully saturated rings. The molecule has 92 valence electrons. The Hall–Kier alpha value is -1.76. The van der Waals surface area contributed by atoms with Crippen molar-refractivity contribution >= 4 is 0 Å². The molecule has 0 spiro atoms. The van der Waals surface area contributed by atoms with E-state index < -0.39 is 0 Å². The summed E-state index contributed by atoms with van der Waals surface area (Å²) in [5.41, 5.74) is 0.655. The predicted octanol–water partition coefficient (Wildman–Crippen LogP) is 0.785. The van der Waals surface area contributed by atoms with Gasteiger partial charge in [0.15, 0.2) is 5.69 Å². The van der Waals surface area contributed by atoms with E-state index in [0.29, 0.717) is 23.9 Å². The lowest BCUT2D eigenvalue weighted by Crippen LogP contribution is -2.37. The number of nitrogens with one attached hydrogen (secondary N) is 2. The van der Waals surface area contributed by atoms with Crippen molar-refractivity contribution in [2.45, 2.75) is 32.7 Å². The first kappa shape index (κ1) is 11.7. The molecule has 0 aliphatic rings. The van der Waals surface area contributed by atoms with Crippen molar-refractivity contribution in [2.75, 3.05) is 6.54 Å². The minimum absolute atomic E-state index is 0.0922. The average Bonchev–Trinajstić information content (AvgIpc) is 2.83. The van der Waals surface area contributed by atoms with E-state index in [1.807, 2.05) is 0 Å². The maximum absolute atomic E-state index is 5.46. The fourth-order valence-electron chi connectivity index (χ4n) is 1.31. The van der Waals surface area contributed by atoms with E-state index in [2.05, 4.69) is 51.7 Å². The summed E-state index contributed by atoms with van der Waals surface area (Å²) in [5.74, 6) is 0.990. The topological polar surface area (TPSA) is 92.5 Å². The van der Waals surface area contributed by atoms with E-state index in [0.717, 1.165) is 6.54 Å². The van der Waals surface area contributed by atoms with Crippen LogP contribution in [0.1, 0.15) is 26.7 Å². The number of nitrogens with zero attached hydrogens (tertiary/aromatic N) is 4. The van der Waals surface area contributed by atoms with Gasteiger partial charge in [-0.1, -0.05) is 0 Å². The lowest BCUT2D eigenvalue weighted by molar-refractivity contribution is 0.411. The zero-order chi connectivity index (χ0) is 12.3. The molecule has 2 N–H and O–H groups in total. The van der Waals surface area contributed by atoms with Gasteiger partial charge in [-0.15, -0.1) is 10.2 Å². The van der Waals surface area contributed by atoms with Crippen LogP contribution in [0.5, 0.6) is 0 Å². The van der Waals surface area contributed by atoms with Crippen molar-refractivity contribution in [3.05, 3.63) is 12.1 Å². The van der Waals surface area contributed by atoms with E-state index in [1.54, 1.807) is 6.20 Å². The number of aromatic nitrogens is 5. The summed E-state index contributed by atoms with van der Waals surface area (Å²) >= 11 is 0. The Bertz CT molecular complexity index is 455. The van der Waals surface area contributed by atoms with Crippen LogP contribution in [-0.2, 0) is 6.42 Å². The third kappa shape index (κ3) is 3.35. The minimum Gasteiger partial charge on any atom is -0.419 e. The first-order valence-corrected chi connectivity index (χ1v) is 5.48.